The number of nitrogens with one attached hydrogen (secondary N) is 2. The van der Waals surface area contributed by atoms with Gasteiger partial charge in [-0.05, 0) is 36.6 Å². The van der Waals surface area contributed by atoms with E-state index >= 15 is 0 Å². The monoisotopic (exact) mass is 336 g/mol. The van der Waals surface area contributed by atoms with Crippen LogP contribution in [0.15, 0.2) is 54.6 Å². The van der Waals surface area contributed by atoms with Crippen molar-refractivity contribution >= 4 is 5.91 Å². The summed E-state index contributed by atoms with van der Waals surface area (Å²) in [6, 6.07) is 17.8. The lowest BCUT2D eigenvalue weighted by atomic mass is 10.1. The molecule has 0 saturated carbocycles. The summed E-state index contributed by atoms with van der Waals surface area (Å²) in [6.07, 6.45) is 6.01. The van der Waals surface area contributed by atoms with Crippen LogP contribution in [0.4, 0.5) is 0 Å². The molecule has 132 valence electrons. The number of benzene rings is 2. The lowest BCUT2D eigenvalue weighted by molar-refractivity contribution is 0.0940. The van der Waals surface area contributed by atoms with Gasteiger partial charge in [-0.15, -0.1) is 6.42 Å². The fraction of sp³-hybridized carbons (Fsp3) is 0.318. The first-order valence-corrected chi connectivity index (χ1v) is 8.77. The van der Waals surface area contributed by atoms with Crippen LogP contribution >= 0.6 is 0 Å². The van der Waals surface area contributed by atoms with Crippen molar-refractivity contribution in [1.29, 1.82) is 0 Å². The van der Waals surface area contributed by atoms with Crippen LogP contribution < -0.4 is 10.6 Å². The molecule has 0 heterocycles. The summed E-state index contributed by atoms with van der Waals surface area (Å²) >= 11 is 0. The van der Waals surface area contributed by atoms with Crippen LogP contribution in [-0.4, -0.2) is 18.5 Å². The highest BCUT2D eigenvalue weighted by molar-refractivity contribution is 5.94. The van der Waals surface area contributed by atoms with E-state index in [9.17, 15) is 4.79 Å². The molecule has 0 aliphatic heterocycles. The van der Waals surface area contributed by atoms with Crippen molar-refractivity contribution in [2.45, 2.75) is 39.8 Å². The van der Waals surface area contributed by atoms with E-state index in [1.54, 1.807) is 0 Å². The second-order valence-corrected chi connectivity index (χ2v) is 5.57. The summed E-state index contributed by atoms with van der Waals surface area (Å²) in [5.41, 5.74) is 3.00. The first kappa shape index (κ1) is 20.5. The minimum atomic E-state index is -0.0448. The summed E-state index contributed by atoms with van der Waals surface area (Å²) in [5.74, 6) is 2.49. The number of hydrogen-bond donors (Lipinski definition) is 2. The Bertz CT molecular complexity index is 657. The van der Waals surface area contributed by atoms with Crippen molar-refractivity contribution in [3.8, 4) is 12.3 Å². The standard InChI is InChI=1S/C20H22N2O.C2H6/c1-3-13-21-15-18-9-11-19(12-10-18)20(23)22-16(2)14-17-7-5-4-6-8-17;1-2/h1,4-12,16,21H,13-15H2,2H3,(H,22,23);1-2H3. The Labute approximate surface area is 151 Å². The molecule has 2 aromatic carbocycles. The molecular weight excluding hydrogens is 308 g/mol. The quantitative estimate of drug-likeness (QED) is 0.596. The highest BCUT2D eigenvalue weighted by Crippen LogP contribution is 2.07. The molecule has 0 aromatic heterocycles. The van der Waals surface area contributed by atoms with E-state index in [-0.39, 0.29) is 11.9 Å². The van der Waals surface area contributed by atoms with Crippen molar-refractivity contribution in [1.82, 2.24) is 10.6 Å². The van der Waals surface area contributed by atoms with Crippen molar-refractivity contribution in [3.05, 3.63) is 71.3 Å². The molecule has 2 rings (SSSR count). The summed E-state index contributed by atoms with van der Waals surface area (Å²) in [4.78, 5) is 12.3. The van der Waals surface area contributed by atoms with Gasteiger partial charge in [-0.1, -0.05) is 62.2 Å². The van der Waals surface area contributed by atoms with Crippen LogP contribution in [0.2, 0.25) is 0 Å². The molecule has 0 fully saturated rings. The van der Waals surface area contributed by atoms with E-state index in [1.807, 2.05) is 63.2 Å². The SMILES string of the molecule is C#CCNCc1ccc(C(=O)NC(C)Cc2ccccc2)cc1.CC. The summed E-state index contributed by atoms with van der Waals surface area (Å²) < 4.78 is 0. The van der Waals surface area contributed by atoms with Gasteiger partial charge >= 0.3 is 0 Å². The van der Waals surface area contributed by atoms with Gasteiger partial charge in [-0.3, -0.25) is 4.79 Å². The Morgan fingerprint density at radius 2 is 1.68 bits per heavy atom. The number of hydrogen-bond acceptors (Lipinski definition) is 2. The maximum atomic E-state index is 12.3. The molecule has 0 bridgehead atoms. The molecule has 3 nitrogen and oxygen atoms in total. The van der Waals surface area contributed by atoms with Crippen LogP contribution in [0.25, 0.3) is 0 Å². The second-order valence-electron chi connectivity index (χ2n) is 5.57. The molecule has 1 amide bonds. The fourth-order valence-corrected chi connectivity index (χ4v) is 2.38. The average molecular weight is 336 g/mol. The first-order chi connectivity index (χ1) is 12.2. The number of amides is 1. The van der Waals surface area contributed by atoms with E-state index in [1.165, 1.54) is 5.56 Å². The van der Waals surface area contributed by atoms with Gasteiger partial charge in [-0.25, -0.2) is 0 Å². The van der Waals surface area contributed by atoms with Gasteiger partial charge in [0.25, 0.3) is 5.91 Å². The van der Waals surface area contributed by atoms with Crippen LogP contribution in [0.3, 0.4) is 0 Å². The fourth-order valence-electron chi connectivity index (χ4n) is 2.38. The van der Waals surface area contributed by atoms with Crippen molar-refractivity contribution < 1.29 is 4.79 Å². The third-order valence-corrected chi connectivity index (χ3v) is 3.53. The predicted octanol–water partition coefficient (Wildman–Crippen LogP) is 3.80. The maximum absolute atomic E-state index is 12.3. The highest BCUT2D eigenvalue weighted by Gasteiger charge is 2.10. The smallest absolute Gasteiger partial charge is 0.251 e. The summed E-state index contributed by atoms with van der Waals surface area (Å²) in [7, 11) is 0. The first-order valence-electron chi connectivity index (χ1n) is 8.77. The zero-order valence-electron chi connectivity index (χ0n) is 15.4. The molecule has 0 radical (unpaired) electrons. The van der Waals surface area contributed by atoms with Crippen molar-refractivity contribution in [3.63, 3.8) is 0 Å². The lowest BCUT2D eigenvalue weighted by Crippen LogP contribution is -2.34. The maximum Gasteiger partial charge on any atom is 0.251 e. The van der Waals surface area contributed by atoms with Crippen LogP contribution in [0, 0.1) is 12.3 Å². The molecule has 0 saturated heterocycles. The van der Waals surface area contributed by atoms with E-state index < -0.39 is 0 Å². The van der Waals surface area contributed by atoms with Gasteiger partial charge in [0, 0.05) is 18.2 Å². The molecule has 3 heteroatoms. The number of carbonyl (C=O) groups is 1. The minimum Gasteiger partial charge on any atom is -0.349 e. The van der Waals surface area contributed by atoms with E-state index in [2.05, 4.69) is 28.7 Å². The van der Waals surface area contributed by atoms with Gasteiger partial charge in [0.15, 0.2) is 0 Å². The Hall–Kier alpha value is -2.57. The molecule has 1 atom stereocenters. The Balaban J connectivity index is 0.00000151. The highest BCUT2D eigenvalue weighted by atomic mass is 16.1. The third kappa shape index (κ3) is 7.69. The molecule has 2 N–H and O–H groups in total. The molecule has 0 aliphatic rings. The topological polar surface area (TPSA) is 41.1 Å². The van der Waals surface area contributed by atoms with Gasteiger partial charge in [0.2, 0.25) is 0 Å². The minimum absolute atomic E-state index is 0.0448. The number of terminal acetylenes is 1. The molecule has 2 aromatic rings. The summed E-state index contributed by atoms with van der Waals surface area (Å²) in [5, 5.41) is 6.16. The lowest BCUT2D eigenvalue weighted by Gasteiger charge is -2.14. The van der Waals surface area contributed by atoms with E-state index in [0.29, 0.717) is 18.7 Å². The van der Waals surface area contributed by atoms with Crippen molar-refractivity contribution in [2.75, 3.05) is 6.54 Å². The van der Waals surface area contributed by atoms with Gasteiger partial charge in [0.1, 0.15) is 0 Å². The third-order valence-electron chi connectivity index (χ3n) is 3.53. The number of carbonyl (C=O) groups excluding carboxylic acids is 1. The zero-order chi connectivity index (χ0) is 18.5. The average Bonchev–Trinajstić information content (AvgIpc) is 2.65. The predicted molar refractivity (Wildman–Crippen MR) is 105 cm³/mol. The van der Waals surface area contributed by atoms with Gasteiger partial charge in [0.05, 0.1) is 6.54 Å². The molecule has 25 heavy (non-hydrogen) atoms. The largest absolute Gasteiger partial charge is 0.349 e. The molecular formula is C22H28N2O. The van der Waals surface area contributed by atoms with Crippen LogP contribution in [-0.2, 0) is 13.0 Å². The zero-order valence-corrected chi connectivity index (χ0v) is 15.4. The van der Waals surface area contributed by atoms with Crippen LogP contribution in [0.1, 0.15) is 42.3 Å². The van der Waals surface area contributed by atoms with Gasteiger partial charge in [-0.2, -0.15) is 0 Å². The Kier molecular flexibility index (Phi) is 9.74. The Morgan fingerprint density at radius 3 is 2.28 bits per heavy atom. The second kappa shape index (κ2) is 11.9. The van der Waals surface area contributed by atoms with Gasteiger partial charge < -0.3 is 10.6 Å². The van der Waals surface area contributed by atoms with E-state index in [4.69, 9.17) is 6.42 Å². The Morgan fingerprint density at radius 1 is 1.04 bits per heavy atom. The number of rotatable bonds is 7. The normalized spacial score (nSPS) is 10.8. The molecule has 0 spiro atoms. The van der Waals surface area contributed by atoms with E-state index in [0.717, 1.165) is 12.0 Å². The summed E-state index contributed by atoms with van der Waals surface area (Å²) in [6.45, 7) is 7.26. The molecule has 0 aliphatic carbocycles. The van der Waals surface area contributed by atoms with Crippen LogP contribution in [0.5, 0.6) is 0 Å². The van der Waals surface area contributed by atoms with Crippen molar-refractivity contribution in [2.24, 2.45) is 0 Å². The molecule has 1 unspecified atom stereocenters.